The molecule has 0 atom stereocenters. The summed E-state index contributed by atoms with van der Waals surface area (Å²) >= 11 is 0. The molecule has 21 heavy (non-hydrogen) atoms. The van der Waals surface area contributed by atoms with Crippen molar-refractivity contribution in [3.05, 3.63) is 54.7 Å². The molecular weight excluding hydrogens is 264 g/mol. The van der Waals surface area contributed by atoms with Gasteiger partial charge in [-0.1, -0.05) is 30.3 Å². The summed E-state index contributed by atoms with van der Waals surface area (Å²) < 4.78 is 10.9. The summed E-state index contributed by atoms with van der Waals surface area (Å²) in [6.45, 7) is 0. The van der Waals surface area contributed by atoms with Crippen LogP contribution in [0.3, 0.4) is 0 Å². The highest BCUT2D eigenvalue weighted by Gasteiger charge is 2.16. The second kappa shape index (κ2) is 5.71. The number of hydrogen-bond acceptors (Lipinski definition) is 3. The van der Waals surface area contributed by atoms with Crippen molar-refractivity contribution in [2.45, 2.75) is 0 Å². The minimum Gasteiger partial charge on any atom is -0.496 e. The summed E-state index contributed by atoms with van der Waals surface area (Å²) in [5.74, 6) is 1.62. The Morgan fingerprint density at radius 2 is 1.33 bits per heavy atom. The summed E-state index contributed by atoms with van der Waals surface area (Å²) in [6, 6.07) is 15.7. The summed E-state index contributed by atoms with van der Waals surface area (Å²) in [5, 5.41) is 7.25. The molecule has 0 spiro atoms. The molecule has 0 bridgehead atoms. The SMILES string of the molecule is COc1ccccc1-c1cn[nH]c1-c1ccccc1OC. The zero-order valence-electron chi connectivity index (χ0n) is 12.0. The van der Waals surface area contributed by atoms with Gasteiger partial charge in [0.25, 0.3) is 0 Å². The summed E-state index contributed by atoms with van der Waals surface area (Å²) in [7, 11) is 3.33. The van der Waals surface area contributed by atoms with Gasteiger partial charge in [-0.2, -0.15) is 5.10 Å². The van der Waals surface area contributed by atoms with Crippen LogP contribution in [0.2, 0.25) is 0 Å². The second-order valence-electron chi connectivity index (χ2n) is 4.56. The lowest BCUT2D eigenvalue weighted by Crippen LogP contribution is -1.91. The molecule has 106 valence electrons. The normalized spacial score (nSPS) is 10.4. The Morgan fingerprint density at radius 3 is 2.00 bits per heavy atom. The van der Waals surface area contributed by atoms with Crippen LogP contribution in [0.5, 0.6) is 11.5 Å². The molecule has 3 rings (SSSR count). The Labute approximate surface area is 123 Å². The zero-order valence-corrected chi connectivity index (χ0v) is 12.0. The average Bonchev–Trinajstić information content (AvgIpc) is 3.04. The van der Waals surface area contributed by atoms with Gasteiger partial charge in [0.05, 0.1) is 26.1 Å². The van der Waals surface area contributed by atoms with Gasteiger partial charge in [0.1, 0.15) is 11.5 Å². The molecule has 0 radical (unpaired) electrons. The minimum atomic E-state index is 0.804. The molecule has 1 N–H and O–H groups in total. The number of rotatable bonds is 4. The molecule has 0 amide bonds. The number of nitrogens with one attached hydrogen (secondary N) is 1. The van der Waals surface area contributed by atoms with Crippen LogP contribution in [-0.4, -0.2) is 24.4 Å². The smallest absolute Gasteiger partial charge is 0.128 e. The molecule has 3 aromatic rings. The predicted octanol–water partition coefficient (Wildman–Crippen LogP) is 3.76. The van der Waals surface area contributed by atoms with Gasteiger partial charge in [-0.15, -0.1) is 0 Å². The molecule has 4 heteroatoms. The number of ether oxygens (including phenoxy) is 2. The molecule has 1 aromatic heterocycles. The predicted molar refractivity (Wildman–Crippen MR) is 82.6 cm³/mol. The molecule has 0 aliphatic heterocycles. The number of hydrogen-bond donors (Lipinski definition) is 1. The zero-order chi connectivity index (χ0) is 14.7. The van der Waals surface area contributed by atoms with E-state index in [-0.39, 0.29) is 0 Å². The third-order valence-corrected chi connectivity index (χ3v) is 3.41. The van der Waals surface area contributed by atoms with Gasteiger partial charge in [0, 0.05) is 16.7 Å². The van der Waals surface area contributed by atoms with Crippen molar-refractivity contribution in [3.63, 3.8) is 0 Å². The van der Waals surface area contributed by atoms with Crippen LogP contribution in [0.25, 0.3) is 22.4 Å². The Bertz CT molecular complexity index is 688. The number of H-pyrrole nitrogens is 1. The number of nitrogens with zero attached hydrogens (tertiary/aromatic N) is 1. The maximum atomic E-state index is 5.44. The van der Waals surface area contributed by atoms with Crippen LogP contribution >= 0.6 is 0 Å². The standard InChI is InChI=1S/C17H16N2O2/c1-20-15-9-5-3-7-12(15)14-11-18-19-17(14)13-8-4-6-10-16(13)21-2/h3-11H,1-2H3,(H,18,19). The Kier molecular flexibility index (Phi) is 3.60. The lowest BCUT2D eigenvalue weighted by molar-refractivity contribution is 0.415. The fourth-order valence-corrected chi connectivity index (χ4v) is 2.41. The number of aromatic amines is 1. The molecule has 0 saturated heterocycles. The number of methoxy groups -OCH3 is 2. The lowest BCUT2D eigenvalue weighted by Gasteiger charge is -2.11. The topological polar surface area (TPSA) is 47.1 Å². The van der Waals surface area contributed by atoms with Gasteiger partial charge in [0.15, 0.2) is 0 Å². The number of para-hydroxylation sites is 2. The van der Waals surface area contributed by atoms with Gasteiger partial charge in [-0.25, -0.2) is 0 Å². The van der Waals surface area contributed by atoms with E-state index in [0.717, 1.165) is 33.9 Å². The van der Waals surface area contributed by atoms with Crippen LogP contribution in [-0.2, 0) is 0 Å². The summed E-state index contributed by atoms with van der Waals surface area (Å²) in [5.41, 5.74) is 3.86. The number of benzene rings is 2. The van der Waals surface area contributed by atoms with Crippen LogP contribution in [0.4, 0.5) is 0 Å². The van der Waals surface area contributed by atoms with Crippen molar-refractivity contribution in [2.24, 2.45) is 0 Å². The van der Waals surface area contributed by atoms with Crippen LogP contribution in [0, 0.1) is 0 Å². The lowest BCUT2D eigenvalue weighted by atomic mass is 10.0. The van der Waals surface area contributed by atoms with E-state index in [1.807, 2.05) is 48.5 Å². The van der Waals surface area contributed by atoms with E-state index in [1.165, 1.54) is 0 Å². The minimum absolute atomic E-state index is 0.804. The molecule has 0 aliphatic rings. The largest absolute Gasteiger partial charge is 0.496 e. The van der Waals surface area contributed by atoms with Gasteiger partial charge < -0.3 is 9.47 Å². The van der Waals surface area contributed by atoms with Crippen molar-refractivity contribution in [2.75, 3.05) is 14.2 Å². The van der Waals surface area contributed by atoms with Crippen molar-refractivity contribution >= 4 is 0 Å². The van der Waals surface area contributed by atoms with E-state index >= 15 is 0 Å². The highest BCUT2D eigenvalue weighted by molar-refractivity contribution is 5.85. The first-order valence-corrected chi connectivity index (χ1v) is 6.65. The molecule has 4 nitrogen and oxygen atoms in total. The van der Waals surface area contributed by atoms with Gasteiger partial charge in [-0.05, 0) is 18.2 Å². The van der Waals surface area contributed by atoms with Gasteiger partial charge in [0.2, 0.25) is 0 Å². The fourth-order valence-electron chi connectivity index (χ4n) is 2.41. The molecule has 0 fully saturated rings. The maximum absolute atomic E-state index is 5.44. The van der Waals surface area contributed by atoms with Gasteiger partial charge in [-0.3, -0.25) is 5.10 Å². The molecule has 0 saturated carbocycles. The van der Waals surface area contributed by atoms with Crippen LogP contribution < -0.4 is 9.47 Å². The van der Waals surface area contributed by atoms with Crippen molar-refractivity contribution < 1.29 is 9.47 Å². The van der Waals surface area contributed by atoms with Crippen LogP contribution in [0.15, 0.2) is 54.7 Å². The van der Waals surface area contributed by atoms with E-state index in [1.54, 1.807) is 20.4 Å². The molecule has 2 aromatic carbocycles. The van der Waals surface area contributed by atoms with Crippen molar-refractivity contribution in [1.82, 2.24) is 10.2 Å². The number of aromatic nitrogens is 2. The quantitative estimate of drug-likeness (QED) is 0.791. The summed E-state index contributed by atoms with van der Waals surface area (Å²) in [6.07, 6.45) is 1.81. The third-order valence-electron chi connectivity index (χ3n) is 3.41. The Balaban J connectivity index is 2.18. The summed E-state index contributed by atoms with van der Waals surface area (Å²) in [4.78, 5) is 0. The monoisotopic (exact) mass is 280 g/mol. The molecule has 0 unspecified atom stereocenters. The van der Waals surface area contributed by atoms with Crippen molar-refractivity contribution in [3.8, 4) is 33.9 Å². The Morgan fingerprint density at radius 1 is 0.762 bits per heavy atom. The fraction of sp³-hybridized carbons (Fsp3) is 0.118. The van der Waals surface area contributed by atoms with Crippen molar-refractivity contribution in [1.29, 1.82) is 0 Å². The van der Waals surface area contributed by atoms with E-state index in [2.05, 4.69) is 10.2 Å². The van der Waals surface area contributed by atoms with E-state index in [4.69, 9.17) is 9.47 Å². The van der Waals surface area contributed by atoms with E-state index < -0.39 is 0 Å². The first kappa shape index (κ1) is 13.2. The third kappa shape index (κ3) is 2.36. The maximum Gasteiger partial charge on any atom is 0.128 e. The first-order valence-electron chi connectivity index (χ1n) is 6.65. The molecule has 0 aliphatic carbocycles. The van der Waals surface area contributed by atoms with Gasteiger partial charge >= 0.3 is 0 Å². The average molecular weight is 280 g/mol. The van der Waals surface area contributed by atoms with Crippen LogP contribution in [0.1, 0.15) is 0 Å². The Hall–Kier alpha value is -2.75. The highest BCUT2D eigenvalue weighted by Crippen LogP contribution is 2.38. The first-order chi connectivity index (χ1) is 10.3. The second-order valence-corrected chi connectivity index (χ2v) is 4.56. The highest BCUT2D eigenvalue weighted by atomic mass is 16.5. The van der Waals surface area contributed by atoms with E-state index in [0.29, 0.717) is 0 Å². The molecular formula is C17H16N2O2. The van der Waals surface area contributed by atoms with E-state index in [9.17, 15) is 0 Å². The molecule has 1 heterocycles.